The monoisotopic (exact) mass is 448 g/mol. The normalized spacial score (nSPS) is 22.9. The fourth-order valence-electron chi connectivity index (χ4n) is 4.37. The van der Waals surface area contributed by atoms with Crippen molar-refractivity contribution in [3.63, 3.8) is 0 Å². The van der Waals surface area contributed by atoms with E-state index in [9.17, 15) is 9.90 Å². The minimum atomic E-state index is -0.299. The summed E-state index contributed by atoms with van der Waals surface area (Å²) < 4.78 is 22.2. The smallest absolute Gasteiger partial charge is 0.310 e. The Kier molecular flexibility index (Phi) is 4.87. The van der Waals surface area contributed by atoms with Gasteiger partial charge in [-0.2, -0.15) is 0 Å². The van der Waals surface area contributed by atoms with Crippen molar-refractivity contribution in [1.82, 2.24) is 0 Å². The van der Waals surface area contributed by atoms with Crippen LogP contribution in [0.3, 0.4) is 0 Å². The number of carbonyl (C=O) groups excluding carboxylic acids is 1. The van der Waals surface area contributed by atoms with Gasteiger partial charge in [-0.15, -0.1) is 0 Å². The fourth-order valence-corrected chi connectivity index (χ4v) is 4.83. The number of rotatable bonds is 4. The molecule has 1 aliphatic heterocycles. The average Bonchev–Trinajstić information content (AvgIpc) is 3.07. The molecule has 2 aromatic rings. The van der Waals surface area contributed by atoms with Gasteiger partial charge in [0.1, 0.15) is 0 Å². The van der Waals surface area contributed by atoms with E-state index in [1.807, 2.05) is 18.2 Å². The number of aromatic hydroxyl groups is 1. The molecule has 3 atom stereocenters. The lowest BCUT2D eigenvalue weighted by molar-refractivity contribution is -0.141. The van der Waals surface area contributed by atoms with Crippen LogP contribution in [0.25, 0.3) is 0 Å². The molecule has 0 saturated carbocycles. The van der Waals surface area contributed by atoms with Gasteiger partial charge in [0.25, 0.3) is 0 Å². The van der Waals surface area contributed by atoms with Crippen LogP contribution < -0.4 is 14.2 Å². The second kappa shape index (κ2) is 7.20. The Morgan fingerprint density at radius 2 is 1.71 bits per heavy atom. The minimum Gasteiger partial charge on any atom is -0.503 e. The van der Waals surface area contributed by atoms with E-state index in [0.29, 0.717) is 28.3 Å². The largest absolute Gasteiger partial charge is 0.503 e. The number of halogens is 1. The number of ether oxygens (including phenoxy) is 4. The summed E-state index contributed by atoms with van der Waals surface area (Å²) in [6, 6.07) is 7.52. The van der Waals surface area contributed by atoms with Gasteiger partial charge in [-0.1, -0.05) is 0 Å². The van der Waals surface area contributed by atoms with E-state index in [-0.39, 0.29) is 29.5 Å². The molecule has 1 aliphatic carbocycles. The molecule has 0 spiro atoms. The number of phenols is 1. The Labute approximate surface area is 171 Å². The van der Waals surface area contributed by atoms with Crippen molar-refractivity contribution in [3.05, 3.63) is 45.4 Å². The Morgan fingerprint density at radius 1 is 1.04 bits per heavy atom. The van der Waals surface area contributed by atoms with Crippen molar-refractivity contribution in [3.8, 4) is 23.0 Å². The standard InChI is InChI=1S/C21H21BrO6/c1-25-15-6-10-4-12-9-28-21(24)19(12)18(13(10)8-16(15)26-2)11-5-14(22)20(23)17(7-11)27-3/h5-8,12,18-19,23H,4,9H2,1-3H3/t12-,18-,19-/m0/s1. The Balaban J connectivity index is 1.94. The van der Waals surface area contributed by atoms with E-state index < -0.39 is 0 Å². The summed E-state index contributed by atoms with van der Waals surface area (Å²) in [6.45, 7) is 0.407. The molecule has 0 radical (unpaired) electrons. The SMILES string of the molecule is COc1cc2c(cc1OC)[C@H](c1cc(Br)c(O)c(OC)c1)[C@H]1C(=O)OC[C@@H]1C2. The Bertz CT molecular complexity index is 941. The third kappa shape index (κ3) is 2.89. The van der Waals surface area contributed by atoms with Crippen molar-refractivity contribution < 1.29 is 28.8 Å². The molecule has 0 amide bonds. The summed E-state index contributed by atoms with van der Waals surface area (Å²) in [6.07, 6.45) is 0.735. The van der Waals surface area contributed by atoms with Gasteiger partial charge in [0, 0.05) is 11.8 Å². The second-order valence-corrected chi connectivity index (χ2v) is 7.91. The van der Waals surface area contributed by atoms with E-state index in [1.54, 1.807) is 20.3 Å². The van der Waals surface area contributed by atoms with E-state index in [0.717, 1.165) is 23.1 Å². The zero-order valence-electron chi connectivity index (χ0n) is 15.8. The van der Waals surface area contributed by atoms with Gasteiger partial charge in [0.2, 0.25) is 0 Å². The third-order valence-corrected chi connectivity index (χ3v) is 6.28. The quantitative estimate of drug-likeness (QED) is 0.719. The van der Waals surface area contributed by atoms with Gasteiger partial charge in [0.15, 0.2) is 23.0 Å². The van der Waals surface area contributed by atoms with E-state index in [4.69, 9.17) is 18.9 Å². The number of hydrogen-bond acceptors (Lipinski definition) is 6. The first-order valence-electron chi connectivity index (χ1n) is 8.96. The number of esters is 1. The molecule has 1 N–H and O–H groups in total. The zero-order valence-corrected chi connectivity index (χ0v) is 17.4. The van der Waals surface area contributed by atoms with Crippen LogP contribution in [0.5, 0.6) is 23.0 Å². The predicted molar refractivity (Wildman–Crippen MR) is 105 cm³/mol. The molecular weight excluding hydrogens is 428 g/mol. The molecule has 4 rings (SSSR count). The van der Waals surface area contributed by atoms with Crippen LogP contribution in [0, 0.1) is 11.8 Å². The summed E-state index contributed by atoms with van der Waals surface area (Å²) in [5.41, 5.74) is 2.96. The van der Waals surface area contributed by atoms with Crippen LogP contribution in [-0.4, -0.2) is 39.0 Å². The van der Waals surface area contributed by atoms with Crippen molar-refractivity contribution in [2.45, 2.75) is 12.3 Å². The van der Waals surface area contributed by atoms with Gasteiger partial charge >= 0.3 is 5.97 Å². The van der Waals surface area contributed by atoms with E-state index in [1.165, 1.54) is 7.11 Å². The molecule has 2 aromatic carbocycles. The number of phenolic OH excluding ortho intramolecular Hbond substituents is 1. The first-order chi connectivity index (χ1) is 13.5. The fraction of sp³-hybridized carbons (Fsp3) is 0.381. The number of benzene rings is 2. The maximum absolute atomic E-state index is 12.6. The first-order valence-corrected chi connectivity index (χ1v) is 9.75. The van der Waals surface area contributed by atoms with Crippen LogP contribution >= 0.6 is 15.9 Å². The molecule has 7 heteroatoms. The number of carbonyl (C=O) groups is 1. The molecule has 6 nitrogen and oxygen atoms in total. The number of hydrogen-bond donors (Lipinski definition) is 1. The highest BCUT2D eigenvalue weighted by atomic mass is 79.9. The van der Waals surface area contributed by atoms with Gasteiger partial charge in [0.05, 0.1) is 38.3 Å². The molecule has 0 aromatic heterocycles. The molecule has 2 aliphatic rings. The number of methoxy groups -OCH3 is 3. The zero-order chi connectivity index (χ0) is 20.0. The van der Waals surface area contributed by atoms with Crippen molar-refractivity contribution in [1.29, 1.82) is 0 Å². The van der Waals surface area contributed by atoms with Crippen LogP contribution in [-0.2, 0) is 16.0 Å². The van der Waals surface area contributed by atoms with Gasteiger partial charge in [-0.05, 0) is 63.3 Å². The maximum Gasteiger partial charge on any atom is 0.310 e. The molecular formula is C21H21BrO6. The molecule has 0 unspecified atom stereocenters. The molecule has 28 heavy (non-hydrogen) atoms. The van der Waals surface area contributed by atoms with Crippen molar-refractivity contribution >= 4 is 21.9 Å². The van der Waals surface area contributed by atoms with E-state index >= 15 is 0 Å². The highest BCUT2D eigenvalue weighted by molar-refractivity contribution is 9.10. The first kappa shape index (κ1) is 18.9. The summed E-state index contributed by atoms with van der Waals surface area (Å²) in [5.74, 6) is 0.996. The number of fused-ring (bicyclic) bond motifs is 2. The van der Waals surface area contributed by atoms with E-state index in [2.05, 4.69) is 15.9 Å². The molecule has 148 valence electrons. The minimum absolute atomic E-state index is 0.0279. The molecule has 0 bridgehead atoms. The van der Waals surface area contributed by atoms with Crippen molar-refractivity contribution in [2.75, 3.05) is 27.9 Å². The maximum atomic E-state index is 12.6. The average molecular weight is 449 g/mol. The highest BCUT2D eigenvalue weighted by Gasteiger charge is 2.48. The second-order valence-electron chi connectivity index (χ2n) is 7.06. The van der Waals surface area contributed by atoms with Crippen molar-refractivity contribution in [2.24, 2.45) is 11.8 Å². The van der Waals surface area contributed by atoms with Gasteiger partial charge in [-0.25, -0.2) is 0 Å². The van der Waals surface area contributed by atoms with Crippen LogP contribution in [0.2, 0.25) is 0 Å². The highest BCUT2D eigenvalue weighted by Crippen LogP contribution is 2.51. The van der Waals surface area contributed by atoms with Crippen LogP contribution in [0.4, 0.5) is 0 Å². The summed E-state index contributed by atoms with van der Waals surface area (Å²) in [7, 11) is 4.70. The Hall–Kier alpha value is -2.41. The summed E-state index contributed by atoms with van der Waals surface area (Å²) in [5, 5.41) is 10.2. The van der Waals surface area contributed by atoms with Gasteiger partial charge in [-0.3, -0.25) is 4.79 Å². The molecule has 1 saturated heterocycles. The summed E-state index contributed by atoms with van der Waals surface area (Å²) in [4.78, 5) is 12.6. The predicted octanol–water partition coefficient (Wildman–Crippen LogP) is 3.66. The molecule has 1 heterocycles. The van der Waals surface area contributed by atoms with Crippen LogP contribution in [0.1, 0.15) is 22.6 Å². The topological polar surface area (TPSA) is 74.2 Å². The molecule has 1 fully saturated rings. The lowest BCUT2D eigenvalue weighted by Gasteiger charge is -2.34. The lowest BCUT2D eigenvalue weighted by Crippen LogP contribution is -2.31. The van der Waals surface area contributed by atoms with Crippen LogP contribution in [0.15, 0.2) is 28.7 Å². The number of cyclic esters (lactones) is 1. The Morgan fingerprint density at radius 3 is 2.39 bits per heavy atom. The lowest BCUT2D eigenvalue weighted by atomic mass is 9.67. The third-order valence-electron chi connectivity index (χ3n) is 5.67. The summed E-state index contributed by atoms with van der Waals surface area (Å²) >= 11 is 3.39. The van der Waals surface area contributed by atoms with Gasteiger partial charge < -0.3 is 24.1 Å².